The van der Waals surface area contributed by atoms with Crippen molar-refractivity contribution >= 4 is 17.6 Å². The average Bonchev–Trinajstić information content (AvgIpc) is 2.63. The summed E-state index contributed by atoms with van der Waals surface area (Å²) in [4.78, 5) is 31.4. The molecular weight excluding hydrogens is 318 g/mol. The number of anilines is 1. The van der Waals surface area contributed by atoms with Gasteiger partial charge in [0.25, 0.3) is 5.91 Å². The standard InChI is InChI=1S/C19H21N3O3/c1-13-3-4-15(11-14(13)2)18(23)22-9-7-21(8-10-22)16-5-6-17(19(24)25)20-12-16/h3-6,11-12H,7-10H2,1-2H3,(H,24,25). The second-order valence-electron chi connectivity index (χ2n) is 6.29. The summed E-state index contributed by atoms with van der Waals surface area (Å²) in [5.41, 5.74) is 3.94. The lowest BCUT2D eigenvalue weighted by atomic mass is 10.1. The smallest absolute Gasteiger partial charge is 0.354 e. The quantitative estimate of drug-likeness (QED) is 0.929. The number of carboxylic acids is 1. The molecule has 0 spiro atoms. The van der Waals surface area contributed by atoms with Crippen LogP contribution < -0.4 is 4.90 Å². The van der Waals surface area contributed by atoms with Crippen molar-refractivity contribution in [2.75, 3.05) is 31.1 Å². The van der Waals surface area contributed by atoms with Gasteiger partial charge in [0.1, 0.15) is 5.69 Å². The Labute approximate surface area is 146 Å². The van der Waals surface area contributed by atoms with Crippen LogP contribution >= 0.6 is 0 Å². The van der Waals surface area contributed by atoms with Crippen LogP contribution in [0.15, 0.2) is 36.5 Å². The summed E-state index contributed by atoms with van der Waals surface area (Å²) in [5, 5.41) is 8.91. The molecule has 25 heavy (non-hydrogen) atoms. The third-order valence-corrected chi connectivity index (χ3v) is 4.65. The Kier molecular flexibility index (Phi) is 4.70. The molecule has 0 radical (unpaired) electrons. The molecule has 1 N–H and O–H groups in total. The van der Waals surface area contributed by atoms with Gasteiger partial charge in [0, 0.05) is 31.7 Å². The van der Waals surface area contributed by atoms with Gasteiger partial charge < -0.3 is 14.9 Å². The van der Waals surface area contributed by atoms with E-state index in [4.69, 9.17) is 5.11 Å². The summed E-state index contributed by atoms with van der Waals surface area (Å²) in [6.07, 6.45) is 1.57. The van der Waals surface area contributed by atoms with Crippen molar-refractivity contribution in [3.8, 4) is 0 Å². The van der Waals surface area contributed by atoms with Crippen LogP contribution in [0.4, 0.5) is 5.69 Å². The highest BCUT2D eigenvalue weighted by Gasteiger charge is 2.22. The molecule has 6 nitrogen and oxygen atoms in total. The molecule has 0 bridgehead atoms. The van der Waals surface area contributed by atoms with Gasteiger partial charge in [-0.1, -0.05) is 6.07 Å². The number of hydrogen-bond acceptors (Lipinski definition) is 4. The fourth-order valence-electron chi connectivity index (χ4n) is 2.92. The monoisotopic (exact) mass is 339 g/mol. The number of hydrogen-bond donors (Lipinski definition) is 1. The van der Waals surface area contributed by atoms with E-state index in [1.54, 1.807) is 12.3 Å². The SMILES string of the molecule is Cc1ccc(C(=O)N2CCN(c3ccc(C(=O)O)nc3)CC2)cc1C. The summed E-state index contributed by atoms with van der Waals surface area (Å²) in [6, 6.07) is 9.07. The maximum absolute atomic E-state index is 12.7. The number of carboxylic acid groups (broad SMARTS) is 1. The number of piperazine rings is 1. The van der Waals surface area contributed by atoms with Gasteiger partial charge >= 0.3 is 5.97 Å². The number of aromatic nitrogens is 1. The van der Waals surface area contributed by atoms with Crippen molar-refractivity contribution in [2.24, 2.45) is 0 Å². The lowest BCUT2D eigenvalue weighted by molar-refractivity contribution is 0.0688. The van der Waals surface area contributed by atoms with Crippen LogP contribution in [0.3, 0.4) is 0 Å². The number of amides is 1. The highest BCUT2D eigenvalue weighted by Crippen LogP contribution is 2.18. The van der Waals surface area contributed by atoms with Crippen LogP contribution in [-0.2, 0) is 0 Å². The number of aromatic carboxylic acids is 1. The molecule has 3 rings (SSSR count). The Morgan fingerprint density at radius 3 is 2.28 bits per heavy atom. The molecule has 1 aromatic heterocycles. The molecule has 2 heterocycles. The Balaban J connectivity index is 1.64. The van der Waals surface area contributed by atoms with Crippen molar-refractivity contribution in [3.05, 3.63) is 58.9 Å². The van der Waals surface area contributed by atoms with E-state index < -0.39 is 5.97 Å². The second kappa shape index (κ2) is 6.93. The van der Waals surface area contributed by atoms with Gasteiger partial charge in [0.2, 0.25) is 0 Å². The van der Waals surface area contributed by atoms with Gasteiger partial charge in [0.15, 0.2) is 0 Å². The highest BCUT2D eigenvalue weighted by molar-refractivity contribution is 5.94. The van der Waals surface area contributed by atoms with Crippen LogP contribution in [0.2, 0.25) is 0 Å². The van der Waals surface area contributed by atoms with Crippen LogP contribution in [0.5, 0.6) is 0 Å². The minimum Gasteiger partial charge on any atom is -0.477 e. The fourth-order valence-corrected chi connectivity index (χ4v) is 2.92. The molecule has 1 saturated heterocycles. The Bertz CT molecular complexity index is 794. The summed E-state index contributed by atoms with van der Waals surface area (Å²) < 4.78 is 0. The fraction of sp³-hybridized carbons (Fsp3) is 0.316. The van der Waals surface area contributed by atoms with E-state index in [-0.39, 0.29) is 11.6 Å². The van der Waals surface area contributed by atoms with Gasteiger partial charge in [-0.05, 0) is 49.2 Å². The zero-order valence-corrected chi connectivity index (χ0v) is 14.4. The van der Waals surface area contributed by atoms with E-state index in [9.17, 15) is 9.59 Å². The van der Waals surface area contributed by atoms with Crippen LogP contribution in [-0.4, -0.2) is 53.0 Å². The van der Waals surface area contributed by atoms with Gasteiger partial charge in [-0.2, -0.15) is 0 Å². The molecule has 1 aromatic carbocycles. The molecular formula is C19H21N3O3. The molecule has 130 valence electrons. The van der Waals surface area contributed by atoms with Gasteiger partial charge in [-0.25, -0.2) is 9.78 Å². The lowest BCUT2D eigenvalue weighted by Crippen LogP contribution is -2.48. The number of rotatable bonds is 3. The van der Waals surface area contributed by atoms with Crippen molar-refractivity contribution in [3.63, 3.8) is 0 Å². The number of carbonyl (C=O) groups is 2. The highest BCUT2D eigenvalue weighted by atomic mass is 16.4. The Hall–Kier alpha value is -2.89. The second-order valence-corrected chi connectivity index (χ2v) is 6.29. The van der Waals surface area contributed by atoms with E-state index in [0.29, 0.717) is 26.2 Å². The maximum Gasteiger partial charge on any atom is 0.354 e. The zero-order valence-electron chi connectivity index (χ0n) is 14.4. The van der Waals surface area contributed by atoms with Crippen LogP contribution in [0.25, 0.3) is 0 Å². The Morgan fingerprint density at radius 1 is 1.00 bits per heavy atom. The molecule has 0 atom stereocenters. The first-order valence-corrected chi connectivity index (χ1v) is 8.26. The number of carbonyl (C=O) groups excluding carboxylic acids is 1. The van der Waals surface area contributed by atoms with E-state index in [1.807, 2.05) is 36.9 Å². The maximum atomic E-state index is 12.7. The zero-order chi connectivity index (χ0) is 18.0. The summed E-state index contributed by atoms with van der Waals surface area (Å²) in [6.45, 7) is 6.71. The van der Waals surface area contributed by atoms with E-state index >= 15 is 0 Å². The van der Waals surface area contributed by atoms with E-state index in [0.717, 1.165) is 16.8 Å². The third-order valence-electron chi connectivity index (χ3n) is 4.65. The van der Waals surface area contributed by atoms with Crippen molar-refractivity contribution in [1.29, 1.82) is 0 Å². The molecule has 0 saturated carbocycles. The largest absolute Gasteiger partial charge is 0.477 e. The number of nitrogens with zero attached hydrogens (tertiary/aromatic N) is 3. The van der Waals surface area contributed by atoms with Gasteiger partial charge in [-0.15, -0.1) is 0 Å². The molecule has 6 heteroatoms. The minimum atomic E-state index is -1.03. The average molecular weight is 339 g/mol. The molecule has 2 aromatic rings. The molecule has 1 aliphatic heterocycles. The molecule has 1 amide bonds. The first-order valence-electron chi connectivity index (χ1n) is 8.26. The molecule has 1 fully saturated rings. The topological polar surface area (TPSA) is 73.7 Å². The van der Waals surface area contributed by atoms with Gasteiger partial charge in [0.05, 0.1) is 11.9 Å². The summed E-state index contributed by atoms with van der Waals surface area (Å²) in [5.74, 6) is -0.975. The summed E-state index contributed by atoms with van der Waals surface area (Å²) in [7, 11) is 0. The predicted molar refractivity (Wildman–Crippen MR) is 95.2 cm³/mol. The molecule has 1 aliphatic rings. The van der Waals surface area contributed by atoms with Crippen molar-refractivity contribution in [1.82, 2.24) is 9.88 Å². The first kappa shape index (κ1) is 17.0. The summed E-state index contributed by atoms with van der Waals surface area (Å²) >= 11 is 0. The normalized spacial score (nSPS) is 14.5. The van der Waals surface area contributed by atoms with Crippen molar-refractivity contribution in [2.45, 2.75) is 13.8 Å². The van der Waals surface area contributed by atoms with Crippen molar-refractivity contribution < 1.29 is 14.7 Å². The van der Waals surface area contributed by atoms with E-state index in [2.05, 4.69) is 9.88 Å². The number of pyridine rings is 1. The number of benzene rings is 1. The molecule has 0 unspecified atom stereocenters. The first-order chi connectivity index (χ1) is 12.0. The lowest BCUT2D eigenvalue weighted by Gasteiger charge is -2.36. The molecule has 0 aliphatic carbocycles. The number of aryl methyl sites for hydroxylation is 2. The van der Waals surface area contributed by atoms with Crippen LogP contribution in [0.1, 0.15) is 32.0 Å². The van der Waals surface area contributed by atoms with E-state index in [1.165, 1.54) is 11.6 Å². The Morgan fingerprint density at radius 2 is 1.72 bits per heavy atom. The van der Waals surface area contributed by atoms with Crippen LogP contribution in [0, 0.1) is 13.8 Å². The minimum absolute atomic E-state index is 0.0345. The van der Waals surface area contributed by atoms with Gasteiger partial charge in [-0.3, -0.25) is 4.79 Å². The predicted octanol–water partition coefficient (Wildman–Crippen LogP) is 2.36. The third kappa shape index (κ3) is 3.63.